The zero-order chi connectivity index (χ0) is 16.2. The lowest BCUT2D eigenvalue weighted by atomic mass is 9.88. The molecule has 5 heteroatoms. The number of carbonyl (C=O) groups excluding carboxylic acids is 2. The van der Waals surface area contributed by atoms with E-state index in [0.29, 0.717) is 6.54 Å². The van der Waals surface area contributed by atoms with Crippen LogP contribution in [0.15, 0.2) is 6.07 Å². The Hall–Kier alpha value is -1.36. The van der Waals surface area contributed by atoms with Gasteiger partial charge in [-0.15, -0.1) is 11.3 Å². The SMILES string of the molecule is CCNC(=O)[C@@H]1CCc2sc(C(=O)N3CCCCCC3)cc2C1. The summed E-state index contributed by atoms with van der Waals surface area (Å²) in [4.78, 5) is 29.0. The van der Waals surface area contributed by atoms with Crippen LogP contribution in [0.25, 0.3) is 0 Å². The van der Waals surface area contributed by atoms with Gasteiger partial charge >= 0.3 is 0 Å². The molecule has 126 valence electrons. The molecule has 2 aliphatic rings. The highest BCUT2D eigenvalue weighted by molar-refractivity contribution is 7.14. The van der Waals surface area contributed by atoms with Gasteiger partial charge in [0, 0.05) is 30.4 Å². The molecule has 1 N–H and O–H groups in total. The molecule has 1 aromatic heterocycles. The number of rotatable bonds is 3. The van der Waals surface area contributed by atoms with Crippen LogP contribution in [-0.4, -0.2) is 36.3 Å². The number of nitrogens with one attached hydrogen (secondary N) is 1. The number of hydrogen-bond donors (Lipinski definition) is 1. The molecule has 0 saturated carbocycles. The highest BCUT2D eigenvalue weighted by Gasteiger charge is 2.28. The van der Waals surface area contributed by atoms with Gasteiger partial charge in [0.05, 0.1) is 4.88 Å². The Morgan fingerprint density at radius 2 is 2.00 bits per heavy atom. The Morgan fingerprint density at radius 1 is 1.26 bits per heavy atom. The minimum Gasteiger partial charge on any atom is -0.356 e. The summed E-state index contributed by atoms with van der Waals surface area (Å²) in [6.45, 7) is 4.42. The molecular weight excluding hydrogens is 308 g/mol. The van der Waals surface area contributed by atoms with E-state index in [1.165, 1.54) is 23.3 Å². The molecule has 1 fully saturated rings. The monoisotopic (exact) mass is 334 g/mol. The van der Waals surface area contributed by atoms with Gasteiger partial charge in [-0.2, -0.15) is 0 Å². The topological polar surface area (TPSA) is 49.4 Å². The second kappa shape index (κ2) is 7.47. The van der Waals surface area contributed by atoms with Gasteiger partial charge in [-0.05, 0) is 50.7 Å². The third-order valence-corrected chi connectivity index (χ3v) is 6.13. The summed E-state index contributed by atoms with van der Waals surface area (Å²) in [5.41, 5.74) is 1.22. The number of fused-ring (bicyclic) bond motifs is 1. The van der Waals surface area contributed by atoms with Gasteiger partial charge in [-0.3, -0.25) is 9.59 Å². The van der Waals surface area contributed by atoms with Crippen molar-refractivity contribution in [2.45, 2.75) is 51.9 Å². The van der Waals surface area contributed by atoms with Crippen LogP contribution >= 0.6 is 11.3 Å². The van der Waals surface area contributed by atoms with Crippen molar-refractivity contribution in [3.05, 3.63) is 21.4 Å². The number of aryl methyl sites for hydroxylation is 1. The van der Waals surface area contributed by atoms with Crippen molar-refractivity contribution < 1.29 is 9.59 Å². The molecule has 1 aromatic rings. The van der Waals surface area contributed by atoms with Crippen LogP contribution in [0, 0.1) is 5.92 Å². The predicted octanol–water partition coefficient (Wildman–Crippen LogP) is 3.01. The largest absolute Gasteiger partial charge is 0.356 e. The van der Waals surface area contributed by atoms with Gasteiger partial charge in [0.2, 0.25) is 5.91 Å². The van der Waals surface area contributed by atoms with Gasteiger partial charge < -0.3 is 10.2 Å². The van der Waals surface area contributed by atoms with Crippen LogP contribution in [0.3, 0.4) is 0 Å². The molecule has 3 rings (SSSR count). The highest BCUT2D eigenvalue weighted by Crippen LogP contribution is 2.33. The van der Waals surface area contributed by atoms with Crippen molar-refractivity contribution in [2.24, 2.45) is 5.92 Å². The minimum absolute atomic E-state index is 0.0678. The van der Waals surface area contributed by atoms with Gasteiger partial charge in [-0.1, -0.05) is 12.8 Å². The van der Waals surface area contributed by atoms with E-state index in [0.717, 1.165) is 50.1 Å². The third-order valence-electron chi connectivity index (χ3n) is 4.91. The maximum absolute atomic E-state index is 12.7. The first-order valence-electron chi connectivity index (χ1n) is 8.87. The first-order valence-corrected chi connectivity index (χ1v) is 9.69. The zero-order valence-corrected chi connectivity index (χ0v) is 14.7. The summed E-state index contributed by atoms with van der Waals surface area (Å²) >= 11 is 1.65. The van der Waals surface area contributed by atoms with Gasteiger partial charge in [-0.25, -0.2) is 0 Å². The normalized spacial score (nSPS) is 21.4. The van der Waals surface area contributed by atoms with E-state index >= 15 is 0 Å². The zero-order valence-electron chi connectivity index (χ0n) is 13.9. The molecule has 1 saturated heterocycles. The van der Waals surface area contributed by atoms with Crippen LogP contribution in [0.5, 0.6) is 0 Å². The predicted molar refractivity (Wildman–Crippen MR) is 92.9 cm³/mol. The maximum atomic E-state index is 12.7. The Morgan fingerprint density at radius 3 is 2.70 bits per heavy atom. The molecule has 1 aliphatic carbocycles. The summed E-state index contributed by atoms with van der Waals surface area (Å²) < 4.78 is 0. The molecule has 0 aromatic carbocycles. The first-order chi connectivity index (χ1) is 11.2. The average molecular weight is 334 g/mol. The van der Waals surface area contributed by atoms with Crippen LogP contribution < -0.4 is 5.32 Å². The van der Waals surface area contributed by atoms with Gasteiger partial charge in [0.1, 0.15) is 0 Å². The summed E-state index contributed by atoms with van der Waals surface area (Å²) in [6.07, 6.45) is 7.32. The molecule has 4 nitrogen and oxygen atoms in total. The molecule has 23 heavy (non-hydrogen) atoms. The fourth-order valence-corrected chi connectivity index (χ4v) is 4.78. The van der Waals surface area contributed by atoms with Crippen LogP contribution in [0.1, 0.15) is 59.1 Å². The number of nitrogens with zero attached hydrogens (tertiary/aromatic N) is 1. The number of thiophene rings is 1. The van der Waals surface area contributed by atoms with Crippen molar-refractivity contribution >= 4 is 23.2 Å². The smallest absolute Gasteiger partial charge is 0.263 e. The van der Waals surface area contributed by atoms with Crippen molar-refractivity contribution in [1.29, 1.82) is 0 Å². The lowest BCUT2D eigenvalue weighted by molar-refractivity contribution is -0.125. The summed E-state index contributed by atoms with van der Waals surface area (Å²) in [6, 6.07) is 2.05. The number of hydrogen-bond acceptors (Lipinski definition) is 3. The molecule has 0 spiro atoms. The van der Waals surface area contributed by atoms with Gasteiger partial charge in [0.15, 0.2) is 0 Å². The van der Waals surface area contributed by atoms with E-state index in [1.807, 2.05) is 11.8 Å². The lowest BCUT2D eigenvalue weighted by Crippen LogP contribution is -2.33. The summed E-state index contributed by atoms with van der Waals surface area (Å²) in [5.74, 6) is 0.420. The molecule has 1 aliphatic heterocycles. The fourth-order valence-electron chi connectivity index (χ4n) is 3.60. The Kier molecular flexibility index (Phi) is 5.36. The third kappa shape index (κ3) is 3.77. The van der Waals surface area contributed by atoms with E-state index < -0.39 is 0 Å². The highest BCUT2D eigenvalue weighted by atomic mass is 32.1. The maximum Gasteiger partial charge on any atom is 0.263 e. The fraction of sp³-hybridized carbons (Fsp3) is 0.667. The summed E-state index contributed by atoms with van der Waals surface area (Å²) in [7, 11) is 0. The average Bonchev–Trinajstić information content (AvgIpc) is 2.79. The van der Waals surface area contributed by atoms with E-state index in [2.05, 4.69) is 11.4 Å². The second-order valence-corrected chi connectivity index (χ2v) is 7.74. The molecular formula is C18H26N2O2S. The van der Waals surface area contributed by atoms with Crippen molar-refractivity contribution in [3.63, 3.8) is 0 Å². The van der Waals surface area contributed by atoms with Crippen LogP contribution in [-0.2, 0) is 17.6 Å². The van der Waals surface area contributed by atoms with Crippen molar-refractivity contribution in [1.82, 2.24) is 10.2 Å². The van der Waals surface area contributed by atoms with E-state index in [4.69, 9.17) is 0 Å². The van der Waals surface area contributed by atoms with Gasteiger partial charge in [0.25, 0.3) is 5.91 Å². The number of amides is 2. The quantitative estimate of drug-likeness (QED) is 0.924. The molecule has 0 bridgehead atoms. The van der Waals surface area contributed by atoms with E-state index in [1.54, 1.807) is 11.3 Å². The standard InChI is InChI=1S/C18H26N2O2S/c1-2-19-17(21)13-7-8-15-14(11-13)12-16(23-15)18(22)20-9-5-3-4-6-10-20/h12-13H,2-11H2,1H3,(H,19,21)/t13-/m1/s1. The lowest BCUT2D eigenvalue weighted by Gasteiger charge is -2.20. The Labute approximate surface area is 142 Å². The minimum atomic E-state index is 0.0678. The Bertz CT molecular complexity index is 574. The van der Waals surface area contributed by atoms with Crippen molar-refractivity contribution in [3.8, 4) is 0 Å². The molecule has 1 atom stereocenters. The van der Waals surface area contributed by atoms with Crippen LogP contribution in [0.2, 0.25) is 0 Å². The first kappa shape index (κ1) is 16.5. The molecule has 2 heterocycles. The molecule has 0 radical (unpaired) electrons. The number of carbonyl (C=O) groups is 2. The summed E-state index contributed by atoms with van der Waals surface area (Å²) in [5, 5.41) is 2.92. The second-order valence-electron chi connectivity index (χ2n) is 6.60. The molecule has 0 unspecified atom stereocenters. The number of likely N-dealkylation sites (tertiary alicyclic amines) is 1. The van der Waals surface area contributed by atoms with Crippen LogP contribution in [0.4, 0.5) is 0 Å². The Balaban J connectivity index is 1.70. The van der Waals surface area contributed by atoms with E-state index in [-0.39, 0.29) is 17.7 Å². The molecule has 2 amide bonds. The van der Waals surface area contributed by atoms with Crippen molar-refractivity contribution in [2.75, 3.05) is 19.6 Å². The van der Waals surface area contributed by atoms with E-state index in [9.17, 15) is 9.59 Å².